The lowest BCUT2D eigenvalue weighted by Crippen LogP contribution is -2.09. The van der Waals surface area contributed by atoms with E-state index in [1.165, 1.54) is 0 Å². The second-order valence-corrected chi connectivity index (χ2v) is 6.84. The normalized spacial score (nSPS) is 10.5. The maximum atomic E-state index is 12.0. The number of nitrogens with one attached hydrogen (secondary N) is 1. The molecule has 3 heterocycles. The quantitative estimate of drug-likeness (QED) is 0.426. The van der Waals surface area contributed by atoms with Crippen LogP contribution in [0.5, 0.6) is 5.88 Å². The van der Waals surface area contributed by atoms with Gasteiger partial charge in [0.1, 0.15) is 5.82 Å². The van der Waals surface area contributed by atoms with E-state index < -0.39 is 0 Å². The molecule has 0 atom stereocenters. The lowest BCUT2D eigenvalue weighted by molar-refractivity contribution is -0.134. The molecule has 154 valence electrons. The number of pyridine rings is 3. The number of hydrogen-bond acceptors (Lipinski definition) is 6. The molecule has 0 aliphatic rings. The SMILES string of the molecule is CCC(=O)Oc1nc(-c2ccccc2CNc2ccccn2)ccc1-c1cccnc1. The van der Waals surface area contributed by atoms with Crippen molar-refractivity contribution in [1.82, 2.24) is 15.0 Å². The zero-order valence-electron chi connectivity index (χ0n) is 17.2. The molecule has 1 N–H and O–H groups in total. The molecular formula is C25H22N4O2. The van der Waals surface area contributed by atoms with Gasteiger partial charge in [0, 0.05) is 48.2 Å². The lowest BCUT2D eigenvalue weighted by Gasteiger charge is -2.14. The number of ether oxygens (including phenoxy) is 1. The molecule has 6 nitrogen and oxygen atoms in total. The number of carbonyl (C=O) groups is 1. The minimum absolute atomic E-state index is 0.267. The number of esters is 1. The molecule has 0 aliphatic heterocycles. The van der Waals surface area contributed by atoms with Crippen LogP contribution in [0, 0.1) is 0 Å². The third-order valence-electron chi connectivity index (χ3n) is 4.75. The fourth-order valence-corrected chi connectivity index (χ4v) is 3.17. The van der Waals surface area contributed by atoms with Crippen molar-refractivity contribution < 1.29 is 9.53 Å². The summed E-state index contributed by atoms with van der Waals surface area (Å²) >= 11 is 0. The van der Waals surface area contributed by atoms with E-state index in [0.29, 0.717) is 6.54 Å². The van der Waals surface area contributed by atoms with Gasteiger partial charge in [0.05, 0.1) is 5.69 Å². The van der Waals surface area contributed by atoms with Crippen LogP contribution >= 0.6 is 0 Å². The van der Waals surface area contributed by atoms with E-state index in [0.717, 1.165) is 33.8 Å². The summed E-state index contributed by atoms with van der Waals surface area (Å²) in [6.45, 7) is 2.35. The zero-order chi connectivity index (χ0) is 21.5. The third kappa shape index (κ3) is 4.93. The fourth-order valence-electron chi connectivity index (χ4n) is 3.17. The Bertz CT molecular complexity index is 1160. The van der Waals surface area contributed by atoms with Crippen LogP contribution in [0.2, 0.25) is 0 Å². The maximum absolute atomic E-state index is 12.0. The summed E-state index contributed by atoms with van der Waals surface area (Å²) in [6.07, 6.45) is 5.45. The van der Waals surface area contributed by atoms with Crippen molar-refractivity contribution in [2.75, 3.05) is 5.32 Å². The van der Waals surface area contributed by atoms with E-state index in [1.54, 1.807) is 25.5 Å². The molecule has 0 spiro atoms. The van der Waals surface area contributed by atoms with E-state index in [1.807, 2.05) is 66.7 Å². The molecule has 4 aromatic rings. The Labute approximate surface area is 181 Å². The van der Waals surface area contributed by atoms with Gasteiger partial charge in [-0.1, -0.05) is 43.3 Å². The van der Waals surface area contributed by atoms with Gasteiger partial charge in [0.15, 0.2) is 0 Å². The first-order chi connectivity index (χ1) is 15.2. The van der Waals surface area contributed by atoms with Crippen LogP contribution in [0.4, 0.5) is 5.82 Å². The van der Waals surface area contributed by atoms with Crippen LogP contribution in [0.1, 0.15) is 18.9 Å². The molecule has 0 saturated carbocycles. The Hall–Kier alpha value is -4.06. The fraction of sp³-hybridized carbons (Fsp3) is 0.120. The van der Waals surface area contributed by atoms with E-state index >= 15 is 0 Å². The molecular weight excluding hydrogens is 388 g/mol. The second kappa shape index (κ2) is 9.63. The van der Waals surface area contributed by atoms with Crippen molar-refractivity contribution in [2.24, 2.45) is 0 Å². The van der Waals surface area contributed by atoms with Gasteiger partial charge in [-0.3, -0.25) is 9.78 Å². The minimum Gasteiger partial charge on any atom is -0.407 e. The molecule has 31 heavy (non-hydrogen) atoms. The van der Waals surface area contributed by atoms with E-state index in [4.69, 9.17) is 9.72 Å². The second-order valence-electron chi connectivity index (χ2n) is 6.84. The van der Waals surface area contributed by atoms with Crippen LogP contribution in [0.3, 0.4) is 0 Å². The molecule has 0 radical (unpaired) electrons. The van der Waals surface area contributed by atoms with Crippen molar-refractivity contribution in [3.63, 3.8) is 0 Å². The van der Waals surface area contributed by atoms with Crippen molar-refractivity contribution in [3.8, 4) is 28.3 Å². The Morgan fingerprint density at radius 2 is 1.81 bits per heavy atom. The van der Waals surface area contributed by atoms with Crippen molar-refractivity contribution in [1.29, 1.82) is 0 Å². The topological polar surface area (TPSA) is 77.0 Å². The highest BCUT2D eigenvalue weighted by molar-refractivity contribution is 5.78. The highest BCUT2D eigenvalue weighted by Gasteiger charge is 2.15. The van der Waals surface area contributed by atoms with Crippen LogP contribution in [-0.2, 0) is 11.3 Å². The van der Waals surface area contributed by atoms with E-state index in [9.17, 15) is 4.79 Å². The summed E-state index contributed by atoms with van der Waals surface area (Å²) in [5.74, 6) is 0.750. The number of aromatic nitrogens is 3. The summed E-state index contributed by atoms with van der Waals surface area (Å²) in [5.41, 5.74) is 4.30. The molecule has 0 amide bonds. The Morgan fingerprint density at radius 3 is 2.58 bits per heavy atom. The number of nitrogens with zero attached hydrogens (tertiary/aromatic N) is 3. The molecule has 4 rings (SSSR count). The summed E-state index contributed by atoms with van der Waals surface area (Å²) in [6, 6.07) is 21.4. The summed E-state index contributed by atoms with van der Waals surface area (Å²) in [7, 11) is 0. The van der Waals surface area contributed by atoms with Crippen molar-refractivity contribution in [2.45, 2.75) is 19.9 Å². The van der Waals surface area contributed by atoms with Gasteiger partial charge in [-0.25, -0.2) is 9.97 Å². The van der Waals surface area contributed by atoms with Gasteiger partial charge in [0.25, 0.3) is 0 Å². The Balaban J connectivity index is 1.70. The van der Waals surface area contributed by atoms with Gasteiger partial charge in [-0.2, -0.15) is 0 Å². The molecule has 0 aliphatic carbocycles. The summed E-state index contributed by atoms with van der Waals surface area (Å²) in [4.78, 5) is 25.2. The average Bonchev–Trinajstić information content (AvgIpc) is 2.84. The molecule has 1 aromatic carbocycles. The first-order valence-electron chi connectivity index (χ1n) is 10.1. The standard InChI is InChI=1S/C25H22N4O2/c1-2-24(30)31-25-21(18-9-7-14-26-16-18)12-13-22(29-25)20-10-4-3-8-19(20)17-28-23-11-5-6-15-27-23/h3-16H,2,17H2,1H3,(H,27,28). The monoisotopic (exact) mass is 410 g/mol. The molecule has 0 bridgehead atoms. The van der Waals surface area contributed by atoms with Gasteiger partial charge in [-0.05, 0) is 35.9 Å². The first-order valence-corrected chi connectivity index (χ1v) is 10.1. The van der Waals surface area contributed by atoms with Crippen LogP contribution in [0.15, 0.2) is 85.3 Å². The Kier molecular flexibility index (Phi) is 6.28. The van der Waals surface area contributed by atoms with Gasteiger partial charge >= 0.3 is 5.97 Å². The smallest absolute Gasteiger partial charge is 0.312 e. The molecule has 0 unspecified atom stereocenters. The largest absolute Gasteiger partial charge is 0.407 e. The van der Waals surface area contributed by atoms with Gasteiger partial charge in [-0.15, -0.1) is 0 Å². The predicted octanol–water partition coefficient (Wildman–Crippen LogP) is 5.13. The average molecular weight is 410 g/mol. The number of rotatable bonds is 7. The third-order valence-corrected chi connectivity index (χ3v) is 4.75. The van der Waals surface area contributed by atoms with E-state index in [2.05, 4.69) is 15.3 Å². The zero-order valence-corrected chi connectivity index (χ0v) is 17.2. The van der Waals surface area contributed by atoms with Crippen molar-refractivity contribution in [3.05, 3.63) is 90.9 Å². The highest BCUT2D eigenvalue weighted by Crippen LogP contribution is 2.32. The maximum Gasteiger partial charge on any atom is 0.312 e. The van der Waals surface area contributed by atoms with Gasteiger partial charge in [0.2, 0.25) is 5.88 Å². The lowest BCUT2D eigenvalue weighted by atomic mass is 10.0. The van der Waals surface area contributed by atoms with Gasteiger partial charge < -0.3 is 10.1 Å². The Morgan fingerprint density at radius 1 is 0.935 bits per heavy atom. The minimum atomic E-state index is -0.333. The van der Waals surface area contributed by atoms with Crippen molar-refractivity contribution >= 4 is 11.8 Å². The highest BCUT2D eigenvalue weighted by atomic mass is 16.5. The molecule has 3 aromatic heterocycles. The number of anilines is 1. The molecule has 0 saturated heterocycles. The number of hydrogen-bond donors (Lipinski definition) is 1. The number of carbonyl (C=O) groups excluding carboxylic acids is 1. The first kappa shape index (κ1) is 20.2. The van der Waals surface area contributed by atoms with Crippen LogP contribution < -0.4 is 10.1 Å². The summed E-state index contributed by atoms with van der Waals surface area (Å²) in [5, 5.41) is 3.33. The molecule has 6 heteroatoms. The molecule has 0 fully saturated rings. The summed E-state index contributed by atoms with van der Waals surface area (Å²) < 4.78 is 5.58. The van der Waals surface area contributed by atoms with Crippen LogP contribution in [-0.4, -0.2) is 20.9 Å². The number of benzene rings is 1. The predicted molar refractivity (Wildman–Crippen MR) is 120 cm³/mol. The van der Waals surface area contributed by atoms with E-state index in [-0.39, 0.29) is 18.3 Å². The van der Waals surface area contributed by atoms with Crippen LogP contribution in [0.25, 0.3) is 22.4 Å².